The molecule has 5 heteroatoms. The number of ether oxygens (including phenoxy) is 1. The maximum atomic E-state index is 13.6. The van der Waals surface area contributed by atoms with E-state index in [0.717, 1.165) is 4.47 Å². The van der Waals surface area contributed by atoms with E-state index in [1.807, 2.05) is 6.92 Å². The molecule has 0 bridgehead atoms. The molecule has 0 radical (unpaired) electrons. The van der Waals surface area contributed by atoms with E-state index in [1.54, 1.807) is 19.2 Å². The van der Waals surface area contributed by atoms with E-state index in [4.69, 9.17) is 9.84 Å². The predicted molar refractivity (Wildman–Crippen MR) is 68.4 cm³/mol. The van der Waals surface area contributed by atoms with E-state index in [0.29, 0.717) is 12.2 Å². The van der Waals surface area contributed by atoms with Crippen LogP contribution in [0.15, 0.2) is 22.7 Å². The molecule has 1 aromatic carbocycles. The van der Waals surface area contributed by atoms with Gasteiger partial charge in [0.05, 0.1) is 19.3 Å². The molecule has 0 aliphatic heterocycles. The fraction of sp³-hybridized carbons (Fsp3) is 0.500. The Morgan fingerprint density at radius 3 is 2.82 bits per heavy atom. The molecule has 0 saturated heterocycles. The van der Waals surface area contributed by atoms with Crippen LogP contribution in [0.25, 0.3) is 0 Å². The third kappa shape index (κ3) is 4.35. The minimum absolute atomic E-state index is 0.0478. The lowest BCUT2D eigenvalue weighted by Gasteiger charge is -2.21. The summed E-state index contributed by atoms with van der Waals surface area (Å²) in [6.45, 7) is 2.19. The highest BCUT2D eigenvalue weighted by atomic mass is 79.9. The topological polar surface area (TPSA) is 41.5 Å². The first-order valence-electron chi connectivity index (χ1n) is 5.39. The van der Waals surface area contributed by atoms with E-state index in [-0.39, 0.29) is 24.5 Å². The monoisotopic (exact) mass is 305 g/mol. The molecule has 0 fully saturated rings. The standard InChI is InChI=1S/C12H17BrFNO2/c1-8(15-10(6-16)7-17-2)11-5-9(13)3-4-12(11)14/h3-5,8,10,15-16H,6-7H2,1-2H3. The summed E-state index contributed by atoms with van der Waals surface area (Å²) in [5.41, 5.74) is 0.564. The SMILES string of the molecule is COCC(CO)NC(C)c1cc(Br)ccc1F. The molecule has 3 nitrogen and oxygen atoms in total. The molecule has 0 aliphatic carbocycles. The molecule has 2 unspecified atom stereocenters. The maximum Gasteiger partial charge on any atom is 0.128 e. The molecule has 2 atom stereocenters. The highest BCUT2D eigenvalue weighted by Gasteiger charge is 2.15. The molecule has 96 valence electrons. The van der Waals surface area contributed by atoms with Crippen LogP contribution in [0.2, 0.25) is 0 Å². The molecule has 0 aromatic heterocycles. The number of nitrogens with one attached hydrogen (secondary N) is 1. The zero-order valence-electron chi connectivity index (χ0n) is 9.91. The number of benzene rings is 1. The summed E-state index contributed by atoms with van der Waals surface area (Å²) in [4.78, 5) is 0. The van der Waals surface area contributed by atoms with Crippen molar-refractivity contribution in [1.29, 1.82) is 0 Å². The summed E-state index contributed by atoms with van der Waals surface area (Å²) in [7, 11) is 1.56. The molecule has 0 amide bonds. The number of hydrogen-bond donors (Lipinski definition) is 2. The van der Waals surface area contributed by atoms with Crippen LogP contribution in [0.3, 0.4) is 0 Å². The third-order valence-electron chi connectivity index (χ3n) is 2.50. The second kappa shape index (κ2) is 7.06. The zero-order valence-corrected chi connectivity index (χ0v) is 11.5. The van der Waals surface area contributed by atoms with Gasteiger partial charge in [-0.15, -0.1) is 0 Å². The minimum Gasteiger partial charge on any atom is -0.395 e. The summed E-state index contributed by atoms with van der Waals surface area (Å²) < 4.78 is 19.4. The molecule has 0 heterocycles. The van der Waals surface area contributed by atoms with Gasteiger partial charge in [0, 0.05) is 23.2 Å². The molecule has 0 aliphatic rings. The summed E-state index contributed by atoms with van der Waals surface area (Å²) in [6, 6.07) is 4.41. The van der Waals surface area contributed by atoms with Gasteiger partial charge in [0.1, 0.15) is 5.82 Å². The first-order chi connectivity index (χ1) is 8.08. The quantitative estimate of drug-likeness (QED) is 0.847. The number of aliphatic hydroxyl groups excluding tert-OH is 1. The van der Waals surface area contributed by atoms with Crippen LogP contribution in [-0.4, -0.2) is 31.5 Å². The van der Waals surface area contributed by atoms with Gasteiger partial charge < -0.3 is 15.2 Å². The molecule has 1 rings (SSSR count). The summed E-state index contributed by atoms with van der Waals surface area (Å²) >= 11 is 3.31. The van der Waals surface area contributed by atoms with Gasteiger partial charge in [-0.3, -0.25) is 0 Å². The van der Waals surface area contributed by atoms with Gasteiger partial charge in [-0.1, -0.05) is 15.9 Å². The number of aliphatic hydroxyl groups is 1. The van der Waals surface area contributed by atoms with Crippen molar-refractivity contribution >= 4 is 15.9 Å². The molecule has 2 N–H and O–H groups in total. The van der Waals surface area contributed by atoms with Gasteiger partial charge in [0.2, 0.25) is 0 Å². The Morgan fingerprint density at radius 1 is 1.53 bits per heavy atom. The van der Waals surface area contributed by atoms with Crippen molar-refractivity contribution in [2.24, 2.45) is 0 Å². The van der Waals surface area contributed by atoms with Gasteiger partial charge in [0.25, 0.3) is 0 Å². The lowest BCUT2D eigenvalue weighted by Crippen LogP contribution is -2.38. The Bertz CT molecular complexity index is 362. The van der Waals surface area contributed by atoms with Crippen molar-refractivity contribution in [2.75, 3.05) is 20.3 Å². The first-order valence-corrected chi connectivity index (χ1v) is 6.18. The molecular weight excluding hydrogens is 289 g/mol. The number of hydrogen-bond acceptors (Lipinski definition) is 3. The van der Waals surface area contributed by atoms with E-state index >= 15 is 0 Å². The van der Waals surface area contributed by atoms with Gasteiger partial charge in [-0.2, -0.15) is 0 Å². The fourth-order valence-electron chi connectivity index (χ4n) is 1.64. The van der Waals surface area contributed by atoms with Crippen LogP contribution in [0.1, 0.15) is 18.5 Å². The smallest absolute Gasteiger partial charge is 0.128 e. The maximum absolute atomic E-state index is 13.6. The van der Waals surface area contributed by atoms with Crippen molar-refractivity contribution in [2.45, 2.75) is 19.0 Å². The van der Waals surface area contributed by atoms with Crippen LogP contribution in [0.5, 0.6) is 0 Å². The Hall–Kier alpha value is -0.490. The first kappa shape index (κ1) is 14.6. The third-order valence-corrected chi connectivity index (χ3v) is 2.99. The molecular formula is C12H17BrFNO2. The van der Waals surface area contributed by atoms with E-state index in [1.165, 1.54) is 6.07 Å². The van der Waals surface area contributed by atoms with E-state index < -0.39 is 0 Å². The van der Waals surface area contributed by atoms with Crippen LogP contribution in [0.4, 0.5) is 4.39 Å². The lowest BCUT2D eigenvalue weighted by atomic mass is 10.1. The zero-order chi connectivity index (χ0) is 12.8. The summed E-state index contributed by atoms with van der Waals surface area (Å²) in [5.74, 6) is -0.262. The van der Waals surface area contributed by atoms with Crippen molar-refractivity contribution in [3.63, 3.8) is 0 Å². The largest absolute Gasteiger partial charge is 0.395 e. The van der Waals surface area contributed by atoms with Crippen LogP contribution in [0, 0.1) is 5.82 Å². The van der Waals surface area contributed by atoms with Gasteiger partial charge in [0.15, 0.2) is 0 Å². The summed E-state index contributed by atoms with van der Waals surface area (Å²) in [6.07, 6.45) is 0. The van der Waals surface area contributed by atoms with Crippen molar-refractivity contribution in [1.82, 2.24) is 5.32 Å². The second-order valence-electron chi connectivity index (χ2n) is 3.89. The Kier molecular flexibility index (Phi) is 6.05. The fourth-order valence-corrected chi connectivity index (χ4v) is 2.02. The van der Waals surface area contributed by atoms with E-state index in [9.17, 15) is 4.39 Å². The Labute approximate surface area is 109 Å². The number of rotatable bonds is 6. The van der Waals surface area contributed by atoms with Crippen molar-refractivity contribution in [3.8, 4) is 0 Å². The van der Waals surface area contributed by atoms with Gasteiger partial charge in [-0.05, 0) is 25.1 Å². The lowest BCUT2D eigenvalue weighted by molar-refractivity contribution is 0.123. The predicted octanol–water partition coefficient (Wildman–Crippen LogP) is 2.25. The highest BCUT2D eigenvalue weighted by molar-refractivity contribution is 9.10. The second-order valence-corrected chi connectivity index (χ2v) is 4.80. The minimum atomic E-state index is -0.262. The Morgan fingerprint density at radius 2 is 2.24 bits per heavy atom. The van der Waals surface area contributed by atoms with Crippen LogP contribution in [-0.2, 0) is 4.74 Å². The van der Waals surface area contributed by atoms with Crippen molar-refractivity contribution in [3.05, 3.63) is 34.1 Å². The average Bonchev–Trinajstić information content (AvgIpc) is 2.31. The van der Waals surface area contributed by atoms with Crippen LogP contribution < -0.4 is 5.32 Å². The van der Waals surface area contributed by atoms with E-state index in [2.05, 4.69) is 21.2 Å². The summed E-state index contributed by atoms with van der Waals surface area (Å²) in [5, 5.41) is 12.2. The van der Waals surface area contributed by atoms with Gasteiger partial charge >= 0.3 is 0 Å². The van der Waals surface area contributed by atoms with Crippen LogP contribution >= 0.6 is 15.9 Å². The normalized spacial score (nSPS) is 14.6. The number of halogens is 2. The molecule has 17 heavy (non-hydrogen) atoms. The molecule has 0 spiro atoms. The Balaban J connectivity index is 2.74. The van der Waals surface area contributed by atoms with Crippen molar-refractivity contribution < 1.29 is 14.2 Å². The molecule has 1 aromatic rings. The average molecular weight is 306 g/mol. The highest BCUT2D eigenvalue weighted by Crippen LogP contribution is 2.21. The van der Waals surface area contributed by atoms with Gasteiger partial charge in [-0.25, -0.2) is 4.39 Å². The molecule has 0 saturated carbocycles. The number of methoxy groups -OCH3 is 1.